The Morgan fingerprint density at radius 1 is 0.438 bits per heavy atom. The van der Waals surface area contributed by atoms with Gasteiger partial charge < -0.3 is 0 Å². The van der Waals surface area contributed by atoms with Crippen LogP contribution < -0.4 is 0 Å². The van der Waals surface area contributed by atoms with Gasteiger partial charge in [0.05, 0.1) is 0 Å². The molecule has 1 unspecified atom stereocenters. The Kier molecular flexibility index (Phi) is 4.70. The molecule has 32 heavy (non-hydrogen) atoms. The molecule has 1 aliphatic carbocycles. The molecule has 6 rings (SSSR count). The number of hydrogen-bond donors (Lipinski definition) is 0. The molecule has 0 aliphatic heterocycles. The molecule has 0 heteroatoms. The molecule has 0 saturated carbocycles. The van der Waals surface area contributed by atoms with Gasteiger partial charge in [0, 0.05) is 5.92 Å². The van der Waals surface area contributed by atoms with E-state index in [1.807, 2.05) is 0 Å². The fourth-order valence-corrected chi connectivity index (χ4v) is 5.25. The zero-order valence-electron chi connectivity index (χ0n) is 17.9. The lowest BCUT2D eigenvalue weighted by Crippen LogP contribution is -2.04. The summed E-state index contributed by atoms with van der Waals surface area (Å²) in [6, 6.07) is 46.2. The Morgan fingerprint density at radius 2 is 1.00 bits per heavy atom. The highest BCUT2D eigenvalue weighted by molar-refractivity contribution is 5.94. The monoisotopic (exact) mass is 408 g/mol. The number of rotatable bonds is 4. The molecule has 152 valence electrons. The molecule has 0 nitrogen and oxygen atoms in total. The maximum Gasteiger partial charge on any atom is 0.0148 e. The minimum absolute atomic E-state index is 0.336. The van der Waals surface area contributed by atoms with E-state index in [0.717, 1.165) is 6.42 Å². The van der Waals surface area contributed by atoms with Crippen molar-refractivity contribution in [2.75, 3.05) is 0 Å². The topological polar surface area (TPSA) is 0 Å². The lowest BCUT2D eigenvalue weighted by atomic mass is 9.82. The lowest BCUT2D eigenvalue weighted by Gasteiger charge is -2.21. The number of hydrogen-bond acceptors (Lipinski definition) is 0. The van der Waals surface area contributed by atoms with Crippen molar-refractivity contribution in [1.82, 2.24) is 0 Å². The summed E-state index contributed by atoms with van der Waals surface area (Å²) in [7, 11) is 0. The van der Waals surface area contributed by atoms with E-state index in [1.165, 1.54) is 50.1 Å². The second-order valence-corrected chi connectivity index (χ2v) is 8.51. The molecule has 1 atom stereocenters. The van der Waals surface area contributed by atoms with Crippen molar-refractivity contribution in [2.24, 2.45) is 0 Å². The fourth-order valence-electron chi connectivity index (χ4n) is 5.25. The van der Waals surface area contributed by atoms with Crippen LogP contribution in [0.15, 0.2) is 127 Å². The predicted molar refractivity (Wildman–Crippen MR) is 135 cm³/mol. The normalized spacial score (nSPS) is 14.1. The minimum Gasteiger partial charge on any atom is -0.0622 e. The maximum atomic E-state index is 2.34. The summed E-state index contributed by atoms with van der Waals surface area (Å²) < 4.78 is 0. The highest BCUT2D eigenvalue weighted by Gasteiger charge is 2.32. The second-order valence-electron chi connectivity index (χ2n) is 8.51. The van der Waals surface area contributed by atoms with Gasteiger partial charge in [-0.15, -0.1) is 0 Å². The van der Waals surface area contributed by atoms with Gasteiger partial charge >= 0.3 is 0 Å². The molecular weight excluding hydrogens is 384 g/mol. The summed E-state index contributed by atoms with van der Waals surface area (Å²) >= 11 is 0. The summed E-state index contributed by atoms with van der Waals surface area (Å²) in [5, 5.41) is 0. The second kappa shape index (κ2) is 7.98. The van der Waals surface area contributed by atoms with Gasteiger partial charge in [0.25, 0.3) is 0 Å². The third kappa shape index (κ3) is 3.16. The summed E-state index contributed by atoms with van der Waals surface area (Å²) in [4.78, 5) is 0. The van der Waals surface area contributed by atoms with E-state index in [0.29, 0.717) is 5.92 Å². The van der Waals surface area contributed by atoms with E-state index in [4.69, 9.17) is 0 Å². The zero-order chi connectivity index (χ0) is 21.3. The Morgan fingerprint density at radius 3 is 1.72 bits per heavy atom. The van der Waals surface area contributed by atoms with E-state index in [1.54, 1.807) is 0 Å². The molecule has 0 heterocycles. The van der Waals surface area contributed by atoms with Crippen LogP contribution in [0.2, 0.25) is 0 Å². The van der Waals surface area contributed by atoms with Crippen molar-refractivity contribution in [3.63, 3.8) is 0 Å². The average Bonchev–Trinajstić information content (AvgIpc) is 3.19. The van der Waals surface area contributed by atoms with E-state index in [2.05, 4.69) is 127 Å². The van der Waals surface area contributed by atoms with E-state index >= 15 is 0 Å². The summed E-state index contributed by atoms with van der Waals surface area (Å²) in [6.45, 7) is 0. The molecule has 0 N–H and O–H groups in total. The fraction of sp³-hybridized carbons (Fsp3) is 0.0625. The molecule has 0 fully saturated rings. The maximum absolute atomic E-state index is 2.34. The molecule has 5 aromatic rings. The van der Waals surface area contributed by atoms with Gasteiger partial charge in [-0.2, -0.15) is 0 Å². The van der Waals surface area contributed by atoms with Crippen LogP contribution in [0.1, 0.15) is 22.6 Å². The van der Waals surface area contributed by atoms with Gasteiger partial charge in [0.1, 0.15) is 0 Å². The molecule has 0 amide bonds. The van der Waals surface area contributed by atoms with Crippen LogP contribution in [0, 0.1) is 0 Å². The third-order valence-corrected chi connectivity index (χ3v) is 6.65. The van der Waals surface area contributed by atoms with E-state index < -0.39 is 0 Å². The highest BCUT2D eigenvalue weighted by Crippen LogP contribution is 2.52. The standard InChI is InChI=1S/C32H24/c1-4-12-23(13-5-1)22-30-28-19-11-10-18-27(28)29-21-20-26(24-14-6-2-7-15-24)31(32(29)30)25-16-8-3-9-17-25/h1-21,30H,22H2. The smallest absolute Gasteiger partial charge is 0.0148 e. The largest absolute Gasteiger partial charge is 0.0622 e. The van der Waals surface area contributed by atoms with Gasteiger partial charge in [0.15, 0.2) is 0 Å². The Bertz CT molecular complexity index is 1370. The van der Waals surface area contributed by atoms with Crippen molar-refractivity contribution in [3.05, 3.63) is 144 Å². The molecule has 1 aliphatic rings. The van der Waals surface area contributed by atoms with E-state index in [-0.39, 0.29) is 0 Å². The van der Waals surface area contributed by atoms with Crippen molar-refractivity contribution in [2.45, 2.75) is 12.3 Å². The predicted octanol–water partition coefficient (Wildman–Crippen LogP) is 8.38. The summed E-state index contributed by atoms with van der Waals surface area (Å²) in [6.07, 6.45) is 1.00. The van der Waals surface area contributed by atoms with Crippen molar-refractivity contribution < 1.29 is 0 Å². The van der Waals surface area contributed by atoms with Gasteiger partial charge in [-0.25, -0.2) is 0 Å². The summed E-state index contributed by atoms with van der Waals surface area (Å²) in [5.41, 5.74) is 12.3. The van der Waals surface area contributed by atoms with Gasteiger partial charge in [-0.1, -0.05) is 127 Å². The molecular formula is C32H24. The molecule has 5 aromatic carbocycles. The van der Waals surface area contributed by atoms with Crippen molar-refractivity contribution in [1.29, 1.82) is 0 Å². The molecule has 0 radical (unpaired) electrons. The van der Waals surface area contributed by atoms with Crippen LogP contribution in [-0.2, 0) is 6.42 Å². The van der Waals surface area contributed by atoms with Gasteiger partial charge in [-0.3, -0.25) is 0 Å². The molecule has 0 spiro atoms. The SMILES string of the molecule is c1ccc(CC2c3ccccc3-c3ccc(-c4ccccc4)c(-c4ccccc4)c32)cc1. The van der Waals surface area contributed by atoms with E-state index in [9.17, 15) is 0 Å². The number of benzene rings is 5. The first-order valence-corrected chi connectivity index (χ1v) is 11.3. The van der Waals surface area contributed by atoms with Crippen LogP contribution in [0.4, 0.5) is 0 Å². The number of fused-ring (bicyclic) bond motifs is 3. The van der Waals surface area contributed by atoms with Crippen LogP contribution in [0.5, 0.6) is 0 Å². The Hall–Kier alpha value is -3.90. The van der Waals surface area contributed by atoms with Crippen LogP contribution in [-0.4, -0.2) is 0 Å². The molecule has 0 aromatic heterocycles. The molecule has 0 saturated heterocycles. The first-order chi connectivity index (χ1) is 15.9. The van der Waals surface area contributed by atoms with Crippen molar-refractivity contribution in [3.8, 4) is 33.4 Å². The quantitative estimate of drug-likeness (QED) is 0.280. The zero-order valence-corrected chi connectivity index (χ0v) is 17.9. The lowest BCUT2D eigenvalue weighted by molar-refractivity contribution is 0.829. The third-order valence-electron chi connectivity index (χ3n) is 6.65. The van der Waals surface area contributed by atoms with Gasteiger partial charge in [0.2, 0.25) is 0 Å². The first kappa shape index (κ1) is 18.8. The average molecular weight is 409 g/mol. The van der Waals surface area contributed by atoms with Crippen molar-refractivity contribution >= 4 is 0 Å². The van der Waals surface area contributed by atoms with Crippen LogP contribution in [0.25, 0.3) is 33.4 Å². The van der Waals surface area contributed by atoms with Crippen LogP contribution >= 0.6 is 0 Å². The molecule has 0 bridgehead atoms. The summed E-state index contributed by atoms with van der Waals surface area (Å²) in [5.74, 6) is 0.336. The first-order valence-electron chi connectivity index (χ1n) is 11.3. The highest BCUT2D eigenvalue weighted by atomic mass is 14.4. The Balaban J connectivity index is 1.65. The van der Waals surface area contributed by atoms with Crippen LogP contribution in [0.3, 0.4) is 0 Å². The minimum atomic E-state index is 0.336. The van der Waals surface area contributed by atoms with Gasteiger partial charge in [-0.05, 0) is 56.5 Å². The Labute approximate surface area is 189 Å².